The number of nitrogens with zero attached hydrogens (tertiary/aromatic N) is 1. The average Bonchev–Trinajstić information content (AvgIpc) is 2.64. The molecule has 3 N–H and O–H groups in total. The van der Waals surface area contributed by atoms with Gasteiger partial charge in [0.2, 0.25) is 0 Å². The minimum absolute atomic E-state index is 0.531. The average molecular weight is 376 g/mol. The maximum Gasteiger partial charge on any atom is 0.149 e. The Morgan fingerprint density at radius 2 is 2.17 bits per heavy atom. The molecule has 1 aromatic carbocycles. The van der Waals surface area contributed by atoms with Crippen LogP contribution in [0.15, 0.2) is 18.2 Å². The Labute approximate surface area is 125 Å². The fourth-order valence-electron chi connectivity index (χ4n) is 1.88. The quantitative estimate of drug-likeness (QED) is 0.793. The van der Waals surface area contributed by atoms with E-state index >= 15 is 0 Å². The van der Waals surface area contributed by atoms with E-state index in [0.29, 0.717) is 11.7 Å². The van der Waals surface area contributed by atoms with Gasteiger partial charge in [0.25, 0.3) is 0 Å². The molecular weight excluding hydrogens is 361 g/mol. The maximum atomic E-state index is 6.16. The van der Waals surface area contributed by atoms with E-state index in [9.17, 15) is 0 Å². The van der Waals surface area contributed by atoms with Gasteiger partial charge in [-0.15, -0.1) is 0 Å². The van der Waals surface area contributed by atoms with E-state index < -0.39 is 0 Å². The summed E-state index contributed by atoms with van der Waals surface area (Å²) < 4.78 is 1.04. The van der Waals surface area contributed by atoms with E-state index in [1.165, 1.54) is 0 Å². The molecule has 5 heteroatoms. The maximum absolute atomic E-state index is 6.16. The Bertz CT molecular complexity index is 563. The number of rotatable bonds is 3. The van der Waals surface area contributed by atoms with Crippen molar-refractivity contribution in [2.45, 2.75) is 20.3 Å². The molecule has 0 radical (unpaired) electrons. The highest BCUT2D eigenvalue weighted by molar-refractivity contribution is 14.1. The van der Waals surface area contributed by atoms with Crippen LogP contribution in [0.5, 0.6) is 0 Å². The van der Waals surface area contributed by atoms with Crippen LogP contribution in [0, 0.1) is 9.49 Å². The molecule has 0 saturated carbocycles. The zero-order valence-electron chi connectivity index (χ0n) is 10.3. The second-order valence-electron chi connectivity index (χ2n) is 4.69. The fourth-order valence-corrected chi connectivity index (χ4v) is 2.40. The Kier molecular flexibility index (Phi) is 4.17. The van der Waals surface area contributed by atoms with Crippen molar-refractivity contribution < 1.29 is 0 Å². The smallest absolute Gasteiger partial charge is 0.149 e. The molecular formula is C13H15ClIN3. The number of aromatic amines is 1. The number of benzene rings is 1. The number of hydrogen-bond acceptors (Lipinski definition) is 2. The summed E-state index contributed by atoms with van der Waals surface area (Å²) in [5.74, 6) is 1.11. The predicted molar refractivity (Wildman–Crippen MR) is 84.7 cm³/mol. The molecule has 0 spiro atoms. The van der Waals surface area contributed by atoms with Crippen molar-refractivity contribution in [3.05, 3.63) is 32.4 Å². The topological polar surface area (TPSA) is 54.7 Å². The van der Waals surface area contributed by atoms with E-state index in [-0.39, 0.29) is 0 Å². The number of hydrogen-bond donors (Lipinski definition) is 2. The number of nitrogen functional groups attached to an aromatic ring is 1. The Hall–Kier alpha value is -0.750. The van der Waals surface area contributed by atoms with Crippen LogP contribution in [0.4, 0.5) is 5.82 Å². The van der Waals surface area contributed by atoms with Crippen LogP contribution in [-0.2, 0) is 6.42 Å². The normalized spacial score (nSPS) is 11.2. The van der Waals surface area contributed by atoms with E-state index in [4.69, 9.17) is 17.3 Å². The van der Waals surface area contributed by atoms with Crippen molar-refractivity contribution in [3.8, 4) is 11.3 Å². The van der Waals surface area contributed by atoms with Gasteiger partial charge in [-0.05, 0) is 47.1 Å². The Morgan fingerprint density at radius 1 is 1.44 bits per heavy atom. The van der Waals surface area contributed by atoms with Crippen LogP contribution in [0.2, 0.25) is 5.02 Å². The van der Waals surface area contributed by atoms with E-state index in [2.05, 4.69) is 46.6 Å². The third-order valence-electron chi connectivity index (χ3n) is 2.72. The van der Waals surface area contributed by atoms with Crippen LogP contribution < -0.4 is 5.73 Å². The number of halogens is 2. The van der Waals surface area contributed by atoms with Gasteiger partial charge in [0.15, 0.2) is 0 Å². The number of H-pyrrole nitrogens is 1. The van der Waals surface area contributed by atoms with Crippen molar-refractivity contribution >= 4 is 40.0 Å². The summed E-state index contributed by atoms with van der Waals surface area (Å²) in [6.07, 6.45) is 0.904. The van der Waals surface area contributed by atoms with Crippen molar-refractivity contribution in [3.63, 3.8) is 0 Å². The van der Waals surface area contributed by atoms with Gasteiger partial charge >= 0.3 is 0 Å². The highest BCUT2D eigenvalue weighted by Gasteiger charge is 2.14. The van der Waals surface area contributed by atoms with Crippen LogP contribution in [-0.4, -0.2) is 10.2 Å². The summed E-state index contributed by atoms with van der Waals surface area (Å²) in [5, 5.41) is 7.86. The second kappa shape index (κ2) is 5.48. The standard InChI is InChI=1S/C13H15ClIN3/c1-7(2)5-9-12(17-18-13(9)16)8-3-4-11(15)10(14)6-8/h3-4,6-7H,5H2,1-2H3,(H3,16,17,18). The van der Waals surface area contributed by atoms with Crippen molar-refractivity contribution in [1.82, 2.24) is 10.2 Å². The Balaban J connectivity index is 2.47. The van der Waals surface area contributed by atoms with Gasteiger partial charge in [-0.1, -0.05) is 31.5 Å². The summed E-state index contributed by atoms with van der Waals surface area (Å²) in [6, 6.07) is 5.97. The molecule has 0 amide bonds. The Morgan fingerprint density at radius 3 is 2.78 bits per heavy atom. The molecule has 18 heavy (non-hydrogen) atoms. The summed E-state index contributed by atoms with van der Waals surface area (Å²) >= 11 is 8.37. The van der Waals surface area contributed by atoms with Crippen LogP contribution in [0.3, 0.4) is 0 Å². The van der Waals surface area contributed by atoms with E-state index in [1.54, 1.807) is 0 Å². The highest BCUT2D eigenvalue weighted by Crippen LogP contribution is 2.30. The molecule has 0 bridgehead atoms. The molecule has 0 atom stereocenters. The molecule has 1 heterocycles. The zero-order valence-corrected chi connectivity index (χ0v) is 13.2. The number of nitrogens with one attached hydrogen (secondary N) is 1. The molecule has 0 aliphatic rings. The molecule has 1 aromatic heterocycles. The van der Waals surface area contributed by atoms with E-state index in [1.807, 2.05) is 18.2 Å². The lowest BCUT2D eigenvalue weighted by atomic mass is 9.99. The minimum Gasteiger partial charge on any atom is -0.382 e. The van der Waals surface area contributed by atoms with Gasteiger partial charge < -0.3 is 5.73 Å². The van der Waals surface area contributed by atoms with Gasteiger partial charge in [-0.25, -0.2) is 0 Å². The number of anilines is 1. The first kappa shape index (κ1) is 13.7. The van der Waals surface area contributed by atoms with Crippen LogP contribution >= 0.6 is 34.2 Å². The van der Waals surface area contributed by atoms with Gasteiger partial charge in [0, 0.05) is 14.7 Å². The molecule has 0 fully saturated rings. The first-order valence-electron chi connectivity index (χ1n) is 5.77. The van der Waals surface area contributed by atoms with Gasteiger partial charge in [-0.2, -0.15) is 5.10 Å². The zero-order chi connectivity index (χ0) is 13.3. The first-order chi connectivity index (χ1) is 8.49. The van der Waals surface area contributed by atoms with E-state index in [0.717, 1.165) is 31.8 Å². The largest absolute Gasteiger partial charge is 0.382 e. The molecule has 2 aromatic rings. The SMILES string of the molecule is CC(C)Cc1c(N)n[nH]c1-c1ccc(I)c(Cl)c1. The molecule has 3 nitrogen and oxygen atoms in total. The summed E-state index contributed by atoms with van der Waals surface area (Å²) in [6.45, 7) is 4.33. The summed E-state index contributed by atoms with van der Waals surface area (Å²) in [7, 11) is 0. The number of aromatic nitrogens is 2. The third kappa shape index (κ3) is 2.80. The lowest BCUT2D eigenvalue weighted by Gasteiger charge is -2.08. The number of nitrogens with two attached hydrogens (primary N) is 1. The lowest BCUT2D eigenvalue weighted by Crippen LogP contribution is -1.99. The molecule has 0 aliphatic carbocycles. The fraction of sp³-hybridized carbons (Fsp3) is 0.308. The second-order valence-corrected chi connectivity index (χ2v) is 6.26. The molecule has 0 aliphatic heterocycles. The van der Waals surface area contributed by atoms with Crippen molar-refractivity contribution in [2.75, 3.05) is 5.73 Å². The molecule has 0 unspecified atom stereocenters. The molecule has 2 rings (SSSR count). The highest BCUT2D eigenvalue weighted by atomic mass is 127. The summed E-state index contributed by atoms with van der Waals surface area (Å²) in [4.78, 5) is 0. The third-order valence-corrected chi connectivity index (χ3v) is 4.29. The molecule has 0 saturated heterocycles. The molecule has 96 valence electrons. The van der Waals surface area contributed by atoms with Crippen LogP contribution in [0.1, 0.15) is 19.4 Å². The summed E-state index contributed by atoms with van der Waals surface area (Å²) in [5.41, 5.74) is 8.99. The first-order valence-corrected chi connectivity index (χ1v) is 7.23. The predicted octanol–water partition coefficient (Wildman–Crippen LogP) is 4.12. The van der Waals surface area contributed by atoms with Crippen molar-refractivity contribution in [1.29, 1.82) is 0 Å². The van der Waals surface area contributed by atoms with Gasteiger partial charge in [0.05, 0.1) is 10.7 Å². The lowest BCUT2D eigenvalue weighted by molar-refractivity contribution is 0.649. The minimum atomic E-state index is 0.531. The monoisotopic (exact) mass is 375 g/mol. The van der Waals surface area contributed by atoms with Crippen molar-refractivity contribution in [2.24, 2.45) is 5.92 Å². The van der Waals surface area contributed by atoms with Crippen LogP contribution in [0.25, 0.3) is 11.3 Å². The van der Waals surface area contributed by atoms with Gasteiger partial charge in [0.1, 0.15) is 5.82 Å². The van der Waals surface area contributed by atoms with Gasteiger partial charge in [-0.3, -0.25) is 5.10 Å².